The number of aliphatic hydroxyl groups excluding tert-OH is 2. The van der Waals surface area contributed by atoms with Crippen LogP contribution in [0.4, 0.5) is 0 Å². The van der Waals surface area contributed by atoms with Crippen LogP contribution in [-0.2, 0) is 138 Å². The standard InChI is InChI=1S/C77H128N16O31S3/c1-52(96)87-56(50-126-59-47-69(106)92(76(59)113)22-8-62(99)81-15-30-119-36-24-94)72(109)85-19-34-123-44-39-116-27-11-65(102)83-17-32-121-42-38-115-26-10-64(101)80-14-5-4-6-54(74(111)90-55(71(78)108)49-125-58-46-68(105)91(75(58)112)21-7-61(98)79-3)89-67(104)13-29-118-41-43-122-33-18-84-66(103)12-28-117-40-45-124-35-20-86-73(110)57(88-53(2)97)51-127-60-48-70(107)93(77(60)114)23-9-63(100)82-16-31-120-37-25-95/h54-60,94-95H,4-51H2,1-3H3,(H2,78,108)(H,79,98)(H,80,101)(H,81,99)(H,82,100)(H,83,102)(H,84,103)(H,85,109)(H,86,110)(H,87,96)(H,88,97)(H,89,104)(H,90,111). The van der Waals surface area contributed by atoms with E-state index in [9.17, 15) is 91.1 Å². The molecule has 0 aromatic heterocycles. The topological polar surface area (TPSA) is 637 Å². The summed E-state index contributed by atoms with van der Waals surface area (Å²) in [5.74, 6) is -9.60. The second kappa shape index (κ2) is 69.1. The lowest BCUT2D eigenvalue weighted by Crippen LogP contribution is -2.54. The van der Waals surface area contributed by atoms with Gasteiger partial charge < -0.3 is 127 Å². The third kappa shape index (κ3) is 51.8. The molecule has 720 valence electrons. The van der Waals surface area contributed by atoms with Crippen molar-refractivity contribution in [3.8, 4) is 0 Å². The van der Waals surface area contributed by atoms with E-state index < -0.39 is 117 Å². The summed E-state index contributed by atoms with van der Waals surface area (Å²) >= 11 is 3.01. The Bertz CT molecular complexity index is 3480. The number of ether oxygens (including phenoxy) is 10. The molecule has 0 aromatic rings. The van der Waals surface area contributed by atoms with Crippen molar-refractivity contribution in [2.24, 2.45) is 5.73 Å². The Labute approximate surface area is 749 Å². The van der Waals surface area contributed by atoms with Crippen LogP contribution in [0.25, 0.3) is 0 Å². The van der Waals surface area contributed by atoms with E-state index in [4.69, 9.17) is 63.3 Å². The van der Waals surface area contributed by atoms with Gasteiger partial charge in [0.05, 0.1) is 161 Å². The van der Waals surface area contributed by atoms with E-state index in [-0.39, 0.29) is 334 Å². The van der Waals surface area contributed by atoms with Crippen molar-refractivity contribution in [3.05, 3.63) is 0 Å². The number of likely N-dealkylation sites (tertiary alicyclic amines) is 3. The maximum absolute atomic E-state index is 13.8. The van der Waals surface area contributed by atoms with Gasteiger partial charge >= 0.3 is 0 Å². The van der Waals surface area contributed by atoms with Gasteiger partial charge in [-0.15, -0.1) is 35.3 Å². The average molecular weight is 1870 g/mol. The minimum atomic E-state index is -1.33. The molecule has 3 aliphatic rings. The Morgan fingerprint density at radius 3 is 0.953 bits per heavy atom. The predicted octanol–water partition coefficient (Wildman–Crippen LogP) is -8.36. The van der Waals surface area contributed by atoms with Crippen molar-refractivity contribution in [2.45, 2.75) is 137 Å². The minimum Gasteiger partial charge on any atom is -0.394 e. The summed E-state index contributed by atoms with van der Waals surface area (Å²) in [4.78, 5) is 243. The number of nitrogens with one attached hydrogen (secondary N) is 12. The molecule has 3 fully saturated rings. The number of nitrogens with two attached hydrogens (primary N) is 1. The highest BCUT2D eigenvalue weighted by molar-refractivity contribution is 8.01. The predicted molar refractivity (Wildman–Crippen MR) is 455 cm³/mol. The lowest BCUT2D eigenvalue weighted by atomic mass is 10.1. The summed E-state index contributed by atoms with van der Waals surface area (Å²) in [6.07, 6.45) is -0.156. The quantitative estimate of drug-likeness (QED) is 0.0199. The van der Waals surface area contributed by atoms with Crippen LogP contribution in [-0.4, -0.2) is 412 Å². The molecule has 0 radical (unpaired) electrons. The Morgan fingerprint density at radius 2 is 0.630 bits per heavy atom. The van der Waals surface area contributed by atoms with E-state index in [1.54, 1.807) is 0 Å². The van der Waals surface area contributed by atoms with Gasteiger partial charge in [0.2, 0.25) is 112 Å². The number of hydrogen-bond donors (Lipinski definition) is 15. The number of aliphatic hydroxyl groups is 2. The van der Waals surface area contributed by atoms with Crippen molar-refractivity contribution >= 4 is 148 Å². The number of unbranched alkanes of at least 4 members (excludes halogenated alkanes) is 1. The molecule has 0 aliphatic carbocycles. The number of primary amides is 1. The number of rotatable bonds is 77. The summed E-state index contributed by atoms with van der Waals surface area (Å²) in [7, 11) is 1.42. The number of carbonyl (C=O) groups is 19. The number of carbonyl (C=O) groups excluding carboxylic acids is 19. The van der Waals surface area contributed by atoms with E-state index in [1.165, 1.54) is 20.9 Å². The molecule has 3 heterocycles. The molecule has 127 heavy (non-hydrogen) atoms. The van der Waals surface area contributed by atoms with Crippen LogP contribution in [0.2, 0.25) is 0 Å². The highest BCUT2D eigenvalue weighted by Gasteiger charge is 2.43. The van der Waals surface area contributed by atoms with E-state index in [1.807, 2.05) is 0 Å². The molecule has 3 rings (SSSR count). The van der Waals surface area contributed by atoms with Gasteiger partial charge in [0.25, 0.3) is 0 Å². The Hall–Kier alpha value is -8.90. The molecule has 19 amide bonds. The maximum Gasteiger partial charge on any atom is 0.243 e. The fraction of sp³-hybridized carbons (Fsp3) is 0.753. The number of hydrogen-bond acceptors (Lipinski definition) is 34. The van der Waals surface area contributed by atoms with E-state index in [0.29, 0.717) is 12.8 Å². The maximum atomic E-state index is 13.8. The fourth-order valence-electron chi connectivity index (χ4n) is 11.5. The van der Waals surface area contributed by atoms with Gasteiger partial charge in [-0.1, -0.05) is 0 Å². The van der Waals surface area contributed by atoms with Crippen LogP contribution in [0.5, 0.6) is 0 Å². The van der Waals surface area contributed by atoms with E-state index in [2.05, 4.69) is 63.8 Å². The first kappa shape index (κ1) is 112. The van der Waals surface area contributed by atoms with Crippen molar-refractivity contribution in [2.75, 3.05) is 235 Å². The summed E-state index contributed by atoms with van der Waals surface area (Å²) in [6, 6.07) is -4.58. The minimum absolute atomic E-state index is 0.00843. The fourth-order valence-corrected chi connectivity index (χ4v) is 15.1. The number of imide groups is 3. The lowest BCUT2D eigenvalue weighted by Gasteiger charge is -2.22. The van der Waals surface area contributed by atoms with Crippen molar-refractivity contribution in [1.82, 2.24) is 78.5 Å². The van der Waals surface area contributed by atoms with Crippen LogP contribution >= 0.6 is 35.3 Å². The molecule has 3 saturated heterocycles. The first-order valence-electron chi connectivity index (χ1n) is 42.0. The zero-order chi connectivity index (χ0) is 93.4. The molecule has 7 unspecified atom stereocenters. The summed E-state index contributed by atoms with van der Waals surface area (Å²) < 4.78 is 54.2. The van der Waals surface area contributed by atoms with Gasteiger partial charge in [0.1, 0.15) is 24.2 Å². The van der Waals surface area contributed by atoms with Gasteiger partial charge in [-0.25, -0.2) is 0 Å². The molecule has 3 aliphatic heterocycles. The third-order valence-electron chi connectivity index (χ3n) is 18.1. The molecule has 0 saturated carbocycles. The molecular formula is C77H128N16O31S3. The van der Waals surface area contributed by atoms with Crippen molar-refractivity contribution in [3.63, 3.8) is 0 Å². The Kier molecular flexibility index (Phi) is 61.1. The second-order valence-corrected chi connectivity index (χ2v) is 31.8. The molecule has 0 aromatic carbocycles. The zero-order valence-corrected chi connectivity index (χ0v) is 74.8. The first-order valence-corrected chi connectivity index (χ1v) is 45.1. The second-order valence-electron chi connectivity index (χ2n) is 28.1. The highest BCUT2D eigenvalue weighted by Crippen LogP contribution is 2.29. The number of thioether (sulfide) groups is 3. The summed E-state index contributed by atoms with van der Waals surface area (Å²) in [5.41, 5.74) is 5.68. The average Bonchev–Trinajstić information content (AvgIpc) is 1.70. The van der Waals surface area contributed by atoms with Gasteiger partial charge in [0.15, 0.2) is 0 Å². The monoisotopic (exact) mass is 1870 g/mol. The molecule has 7 atom stereocenters. The van der Waals surface area contributed by atoms with E-state index >= 15 is 0 Å². The smallest absolute Gasteiger partial charge is 0.243 e. The summed E-state index contributed by atoms with van der Waals surface area (Å²) in [5, 5.41) is 46.4. The van der Waals surface area contributed by atoms with Crippen LogP contribution in [0.15, 0.2) is 0 Å². The van der Waals surface area contributed by atoms with Gasteiger partial charge in [-0.3, -0.25) is 106 Å². The number of nitrogens with zero attached hydrogens (tertiary/aromatic N) is 3. The third-order valence-corrected chi connectivity index (χ3v) is 22.0. The van der Waals surface area contributed by atoms with Crippen LogP contribution in [0.3, 0.4) is 0 Å². The van der Waals surface area contributed by atoms with Crippen molar-refractivity contribution < 1.29 is 149 Å². The van der Waals surface area contributed by atoms with Gasteiger partial charge in [-0.2, -0.15) is 0 Å². The van der Waals surface area contributed by atoms with Gasteiger partial charge in [0, 0.05) is 168 Å². The van der Waals surface area contributed by atoms with E-state index in [0.717, 1.165) is 50.0 Å². The summed E-state index contributed by atoms with van der Waals surface area (Å²) in [6.45, 7) is 5.32. The largest absolute Gasteiger partial charge is 0.394 e. The lowest BCUT2D eigenvalue weighted by molar-refractivity contribution is -0.140. The SMILES string of the molecule is CNC(=O)CCN1C(=O)CC(SCC(NC(=O)C(CCCCNC(=O)CCOCCOCCNC(=O)CCOCCOCCNC(=O)C(CSC2CC(=O)N(CCC(=O)NCCOCCO)C2=O)NC(C)=O)NC(=O)CCOCCOCCNC(=O)CCOCCOCCNC(=O)C(CSC2CC(=O)N(CCC(=O)NCCOCCO)C2=O)NC(C)=O)C(N)=O)C1=O. The molecule has 0 bridgehead atoms. The van der Waals surface area contributed by atoms with Crippen molar-refractivity contribution in [1.29, 1.82) is 0 Å². The molecule has 47 nitrogen and oxygen atoms in total. The van der Waals surface area contributed by atoms with Gasteiger partial charge in [-0.05, 0) is 19.3 Å². The Balaban J connectivity index is 1.26. The van der Waals surface area contributed by atoms with Crippen LogP contribution in [0.1, 0.15) is 97.3 Å². The van der Waals surface area contributed by atoms with Crippen LogP contribution < -0.4 is 69.5 Å². The molecule has 0 spiro atoms. The first-order chi connectivity index (χ1) is 61.1. The normalized spacial score (nSPS) is 15.9. The molecular weight excluding hydrogens is 1740 g/mol. The van der Waals surface area contributed by atoms with Crippen LogP contribution in [0, 0.1) is 0 Å². The Morgan fingerprint density at radius 1 is 0.339 bits per heavy atom. The zero-order valence-electron chi connectivity index (χ0n) is 72.4. The molecule has 16 N–H and O–H groups in total. The molecule has 50 heteroatoms. The number of amides is 19. The highest BCUT2D eigenvalue weighted by atomic mass is 32.2.